The molecule has 0 unspecified atom stereocenters. The Balaban J connectivity index is 1.89. The number of hydrogen-bond acceptors (Lipinski definition) is 4. The molecule has 0 aliphatic carbocycles. The van der Waals surface area contributed by atoms with Crippen LogP contribution in [0.5, 0.6) is 5.75 Å². The fraction of sp³-hybridized carbons (Fsp3) is 0.280. The van der Waals surface area contributed by atoms with E-state index in [1.165, 1.54) is 32.5 Å². The number of aromatic nitrogens is 1. The summed E-state index contributed by atoms with van der Waals surface area (Å²) in [6.07, 6.45) is -2.54. The molecule has 0 radical (unpaired) electrons. The zero-order valence-corrected chi connectivity index (χ0v) is 18.7. The lowest BCUT2D eigenvalue weighted by Gasteiger charge is -2.26. The average Bonchev–Trinajstić information content (AvgIpc) is 2.84. The number of aryl methyl sites for hydroxylation is 1. The van der Waals surface area contributed by atoms with Crippen LogP contribution in [0.3, 0.4) is 0 Å². The van der Waals surface area contributed by atoms with E-state index in [2.05, 4.69) is 15.6 Å². The molecule has 1 heterocycles. The first-order chi connectivity index (χ1) is 16.2. The van der Waals surface area contributed by atoms with E-state index in [9.17, 15) is 22.4 Å². The smallest absolute Gasteiger partial charge is 0.433 e. The molecule has 3 aromatic rings. The lowest BCUT2D eigenvalue weighted by Crippen LogP contribution is -2.38. The Labute approximate surface area is 195 Å². The SMILES string of the molecule is CNC(=O)[C@H](N[C@@H](CCc1ccc(C(F)(F)F)nc1)c1ccc(F)c(OC)c1)c1ccccc1. The van der Waals surface area contributed by atoms with Crippen molar-refractivity contribution < 1.29 is 27.1 Å². The Kier molecular flexibility index (Phi) is 8.22. The molecule has 0 saturated carbocycles. The molecular formula is C25H25F4N3O2. The molecule has 0 saturated heterocycles. The van der Waals surface area contributed by atoms with Crippen molar-refractivity contribution in [1.82, 2.24) is 15.6 Å². The molecule has 1 amide bonds. The number of methoxy groups -OCH3 is 1. The topological polar surface area (TPSA) is 63.2 Å². The number of nitrogens with zero attached hydrogens (tertiary/aromatic N) is 1. The van der Waals surface area contributed by atoms with Crippen molar-refractivity contribution in [3.8, 4) is 5.75 Å². The number of likely N-dealkylation sites (N-methyl/N-ethyl adjacent to an activating group) is 1. The summed E-state index contributed by atoms with van der Waals surface area (Å²) >= 11 is 0. The van der Waals surface area contributed by atoms with Gasteiger partial charge in [-0.3, -0.25) is 15.1 Å². The highest BCUT2D eigenvalue weighted by atomic mass is 19.4. The van der Waals surface area contributed by atoms with E-state index in [1.807, 2.05) is 30.3 Å². The van der Waals surface area contributed by atoms with Crippen molar-refractivity contribution in [3.63, 3.8) is 0 Å². The number of hydrogen-bond donors (Lipinski definition) is 2. The Hall–Kier alpha value is -3.46. The van der Waals surface area contributed by atoms with Crippen LogP contribution < -0.4 is 15.4 Å². The van der Waals surface area contributed by atoms with E-state index < -0.39 is 29.8 Å². The van der Waals surface area contributed by atoms with Crippen molar-refractivity contribution in [3.05, 3.63) is 95.1 Å². The number of carbonyl (C=O) groups is 1. The van der Waals surface area contributed by atoms with Crippen molar-refractivity contribution >= 4 is 5.91 Å². The molecule has 0 fully saturated rings. The fourth-order valence-electron chi connectivity index (χ4n) is 3.60. The second-order valence-corrected chi connectivity index (χ2v) is 7.66. The molecule has 0 spiro atoms. The molecule has 9 heteroatoms. The van der Waals surface area contributed by atoms with Gasteiger partial charge in [-0.25, -0.2) is 4.39 Å². The second kappa shape index (κ2) is 11.1. The van der Waals surface area contributed by atoms with E-state index in [1.54, 1.807) is 12.1 Å². The standard InChI is InChI=1S/C25H25F4N3O2/c1-30-24(33)23(17-6-4-3-5-7-17)32-20(18-10-11-19(26)21(14-18)34-2)12-8-16-9-13-22(31-15-16)25(27,28)29/h3-7,9-11,13-15,20,23,32H,8,12H2,1-2H3,(H,30,33)/t20-,23+/m0/s1. The van der Waals surface area contributed by atoms with Crippen LogP contribution >= 0.6 is 0 Å². The monoisotopic (exact) mass is 475 g/mol. The summed E-state index contributed by atoms with van der Waals surface area (Å²) < 4.78 is 57.6. The van der Waals surface area contributed by atoms with Gasteiger partial charge >= 0.3 is 6.18 Å². The maximum Gasteiger partial charge on any atom is 0.433 e. The van der Waals surface area contributed by atoms with E-state index >= 15 is 0 Å². The van der Waals surface area contributed by atoms with Crippen LogP contribution in [0.25, 0.3) is 0 Å². The number of pyridine rings is 1. The largest absolute Gasteiger partial charge is 0.494 e. The quantitative estimate of drug-likeness (QED) is 0.428. The predicted octanol–water partition coefficient (Wildman–Crippen LogP) is 5.00. The summed E-state index contributed by atoms with van der Waals surface area (Å²) in [4.78, 5) is 16.2. The molecule has 2 aromatic carbocycles. The maximum absolute atomic E-state index is 14.0. The normalized spacial score (nSPS) is 13.2. The third kappa shape index (κ3) is 6.32. The average molecular weight is 475 g/mol. The van der Waals surface area contributed by atoms with E-state index in [0.717, 1.165) is 11.6 Å². The highest BCUT2D eigenvalue weighted by molar-refractivity contribution is 5.83. The highest BCUT2D eigenvalue weighted by Crippen LogP contribution is 2.30. The van der Waals surface area contributed by atoms with Gasteiger partial charge in [0.2, 0.25) is 5.91 Å². The highest BCUT2D eigenvalue weighted by Gasteiger charge is 2.32. The number of ether oxygens (including phenoxy) is 1. The summed E-state index contributed by atoms with van der Waals surface area (Å²) in [5.41, 5.74) is 1.04. The minimum atomic E-state index is -4.51. The van der Waals surface area contributed by atoms with Gasteiger partial charge in [-0.2, -0.15) is 13.2 Å². The Morgan fingerprint density at radius 2 is 1.79 bits per heavy atom. The zero-order chi connectivity index (χ0) is 24.7. The van der Waals surface area contributed by atoms with E-state index in [4.69, 9.17) is 4.74 Å². The van der Waals surface area contributed by atoms with E-state index in [0.29, 0.717) is 24.0 Å². The van der Waals surface area contributed by atoms with E-state index in [-0.39, 0.29) is 11.7 Å². The molecule has 2 N–H and O–H groups in total. The molecule has 34 heavy (non-hydrogen) atoms. The third-order valence-electron chi connectivity index (χ3n) is 5.42. The van der Waals surface area contributed by atoms with Gasteiger partial charge in [-0.05, 0) is 47.7 Å². The van der Waals surface area contributed by atoms with Gasteiger partial charge < -0.3 is 10.1 Å². The number of amides is 1. The third-order valence-corrected chi connectivity index (χ3v) is 5.42. The first-order valence-electron chi connectivity index (χ1n) is 10.6. The first-order valence-corrected chi connectivity index (χ1v) is 10.6. The summed E-state index contributed by atoms with van der Waals surface area (Å²) in [5, 5.41) is 5.97. The zero-order valence-electron chi connectivity index (χ0n) is 18.7. The second-order valence-electron chi connectivity index (χ2n) is 7.66. The van der Waals surface area contributed by atoms with Crippen molar-refractivity contribution in [2.45, 2.75) is 31.1 Å². The van der Waals surface area contributed by atoms with Gasteiger partial charge in [0.1, 0.15) is 11.7 Å². The molecule has 0 aliphatic heterocycles. The summed E-state index contributed by atoms with van der Waals surface area (Å²) in [6, 6.07) is 14.7. The molecule has 2 atom stereocenters. The summed E-state index contributed by atoms with van der Waals surface area (Å²) in [5.74, 6) is -0.735. The minimum Gasteiger partial charge on any atom is -0.494 e. The van der Waals surface area contributed by atoms with Crippen LogP contribution in [-0.2, 0) is 17.4 Å². The number of benzene rings is 2. The number of carbonyl (C=O) groups excluding carboxylic acids is 1. The Bertz CT molecular complexity index is 1090. The van der Waals surface area contributed by atoms with Crippen molar-refractivity contribution in [1.29, 1.82) is 0 Å². The minimum absolute atomic E-state index is 0.0525. The lowest BCUT2D eigenvalue weighted by molar-refractivity contribution is -0.141. The predicted molar refractivity (Wildman–Crippen MR) is 120 cm³/mol. The summed E-state index contributed by atoms with van der Waals surface area (Å²) in [7, 11) is 2.89. The fourth-order valence-corrected chi connectivity index (χ4v) is 3.60. The maximum atomic E-state index is 14.0. The number of nitrogens with one attached hydrogen (secondary N) is 2. The van der Waals surface area contributed by atoms with Gasteiger partial charge in [0, 0.05) is 19.3 Å². The van der Waals surface area contributed by atoms with Crippen LogP contribution in [-0.4, -0.2) is 25.0 Å². The molecule has 0 bridgehead atoms. The van der Waals surface area contributed by atoms with Crippen LogP contribution in [0.4, 0.5) is 17.6 Å². The molecule has 5 nitrogen and oxygen atoms in total. The first kappa shape index (κ1) is 25.2. The van der Waals surface area contributed by atoms with Crippen molar-refractivity contribution in [2.75, 3.05) is 14.2 Å². The molecular weight excluding hydrogens is 450 g/mol. The van der Waals surface area contributed by atoms with Gasteiger partial charge in [-0.15, -0.1) is 0 Å². The number of rotatable bonds is 9. The molecule has 0 aliphatic rings. The summed E-state index contributed by atoms with van der Waals surface area (Å²) in [6.45, 7) is 0. The van der Waals surface area contributed by atoms with Gasteiger partial charge in [0.05, 0.1) is 7.11 Å². The lowest BCUT2D eigenvalue weighted by atomic mass is 9.96. The van der Waals surface area contributed by atoms with Gasteiger partial charge in [0.25, 0.3) is 0 Å². The van der Waals surface area contributed by atoms with Crippen LogP contribution in [0.2, 0.25) is 0 Å². The number of alkyl halides is 3. The Morgan fingerprint density at radius 1 is 1.06 bits per heavy atom. The van der Waals surface area contributed by atoms with Crippen LogP contribution in [0.15, 0.2) is 66.9 Å². The molecule has 180 valence electrons. The molecule has 1 aromatic heterocycles. The van der Waals surface area contributed by atoms with Gasteiger partial charge in [-0.1, -0.05) is 42.5 Å². The Morgan fingerprint density at radius 3 is 2.38 bits per heavy atom. The number of halogens is 4. The molecule has 3 rings (SSSR count). The van der Waals surface area contributed by atoms with Crippen LogP contribution in [0.1, 0.15) is 40.9 Å². The van der Waals surface area contributed by atoms with Crippen molar-refractivity contribution in [2.24, 2.45) is 0 Å². The van der Waals surface area contributed by atoms with Gasteiger partial charge in [0.15, 0.2) is 11.6 Å². The van der Waals surface area contributed by atoms with Crippen LogP contribution in [0, 0.1) is 5.82 Å².